The Hall–Kier alpha value is -1.07. The predicted octanol–water partition coefficient (Wildman–Crippen LogP) is 2.61. The summed E-state index contributed by atoms with van der Waals surface area (Å²) in [6.45, 7) is 2.25. The number of hydrogen-bond acceptors (Lipinski definition) is 3. The zero-order chi connectivity index (χ0) is 14.0. The number of rotatable bonds is 2. The van der Waals surface area contributed by atoms with Crippen LogP contribution in [-0.4, -0.2) is 32.4 Å². The van der Waals surface area contributed by atoms with Crippen LogP contribution in [0.15, 0.2) is 23.1 Å². The third-order valence-electron chi connectivity index (χ3n) is 4.22. The molecule has 2 aliphatic heterocycles. The van der Waals surface area contributed by atoms with Crippen LogP contribution in [0.5, 0.6) is 0 Å². The highest BCUT2D eigenvalue weighted by Crippen LogP contribution is 2.27. The van der Waals surface area contributed by atoms with Crippen molar-refractivity contribution in [2.45, 2.75) is 43.4 Å². The van der Waals surface area contributed by atoms with E-state index in [2.05, 4.69) is 5.32 Å². The molecule has 0 saturated carbocycles. The third kappa shape index (κ3) is 2.69. The predicted molar refractivity (Wildman–Crippen MR) is 80.5 cm³/mol. The lowest BCUT2D eigenvalue weighted by Gasteiger charge is -2.22. The van der Waals surface area contributed by atoms with Gasteiger partial charge in [0.25, 0.3) is 0 Å². The van der Waals surface area contributed by atoms with Crippen LogP contribution >= 0.6 is 0 Å². The molecule has 0 spiro atoms. The van der Waals surface area contributed by atoms with Gasteiger partial charge in [0.05, 0.1) is 4.90 Å². The first-order chi connectivity index (χ1) is 9.68. The maximum atomic E-state index is 12.7. The van der Waals surface area contributed by atoms with Crippen molar-refractivity contribution < 1.29 is 8.42 Å². The molecule has 2 aliphatic rings. The summed E-state index contributed by atoms with van der Waals surface area (Å²) in [6.07, 6.45) is 6.37. The second-order valence-electron chi connectivity index (χ2n) is 5.67. The van der Waals surface area contributed by atoms with Crippen molar-refractivity contribution in [2.24, 2.45) is 0 Å². The lowest BCUT2D eigenvalue weighted by atomic mass is 10.0. The number of nitrogens with zero attached hydrogens (tertiary/aromatic N) is 1. The Labute approximate surface area is 121 Å². The molecule has 1 N–H and O–H groups in total. The van der Waals surface area contributed by atoms with Gasteiger partial charge in [0.15, 0.2) is 0 Å². The molecule has 0 atom stereocenters. The van der Waals surface area contributed by atoms with Gasteiger partial charge in [-0.3, -0.25) is 0 Å². The zero-order valence-corrected chi connectivity index (χ0v) is 12.6. The molecule has 0 bridgehead atoms. The van der Waals surface area contributed by atoms with Gasteiger partial charge in [-0.15, -0.1) is 0 Å². The number of sulfonamides is 1. The van der Waals surface area contributed by atoms with E-state index in [1.807, 2.05) is 12.1 Å². The first-order valence-corrected chi connectivity index (χ1v) is 8.99. The second kappa shape index (κ2) is 5.74. The Morgan fingerprint density at radius 1 is 1.00 bits per heavy atom. The minimum Gasteiger partial charge on any atom is -0.385 e. The van der Waals surface area contributed by atoms with Crippen molar-refractivity contribution in [1.82, 2.24) is 4.31 Å². The summed E-state index contributed by atoms with van der Waals surface area (Å²) >= 11 is 0. The molecule has 1 saturated heterocycles. The summed E-state index contributed by atoms with van der Waals surface area (Å²) in [5.41, 5.74) is 2.22. The SMILES string of the molecule is O=S(=O)(c1ccc2c(c1)NCCC2)N1CCCCCC1. The standard InChI is InChI=1S/C15H22N2O2S/c18-20(19,17-10-3-1-2-4-11-17)14-8-7-13-6-5-9-16-15(13)12-14/h7-8,12,16H,1-6,9-11H2. The van der Waals surface area contributed by atoms with Gasteiger partial charge in [0.1, 0.15) is 0 Å². The third-order valence-corrected chi connectivity index (χ3v) is 6.12. The zero-order valence-electron chi connectivity index (χ0n) is 11.8. The van der Waals surface area contributed by atoms with Gasteiger partial charge in [0, 0.05) is 25.3 Å². The van der Waals surface area contributed by atoms with E-state index in [1.54, 1.807) is 10.4 Å². The van der Waals surface area contributed by atoms with E-state index in [1.165, 1.54) is 5.56 Å². The van der Waals surface area contributed by atoms with Crippen LogP contribution in [0.25, 0.3) is 0 Å². The summed E-state index contributed by atoms with van der Waals surface area (Å²) < 4.78 is 27.1. The Morgan fingerprint density at radius 3 is 2.50 bits per heavy atom. The van der Waals surface area contributed by atoms with E-state index < -0.39 is 10.0 Å². The summed E-state index contributed by atoms with van der Waals surface area (Å²) in [5, 5.41) is 3.31. The van der Waals surface area contributed by atoms with E-state index in [0.29, 0.717) is 18.0 Å². The Kier molecular flexibility index (Phi) is 3.98. The molecule has 110 valence electrons. The van der Waals surface area contributed by atoms with Gasteiger partial charge in [-0.05, 0) is 43.4 Å². The molecule has 0 amide bonds. The maximum absolute atomic E-state index is 12.7. The van der Waals surface area contributed by atoms with Crippen LogP contribution in [0.2, 0.25) is 0 Å². The molecular weight excluding hydrogens is 272 g/mol. The van der Waals surface area contributed by atoms with Crippen LogP contribution in [0, 0.1) is 0 Å². The van der Waals surface area contributed by atoms with Gasteiger partial charge < -0.3 is 5.32 Å². The quantitative estimate of drug-likeness (QED) is 0.912. The van der Waals surface area contributed by atoms with Crippen LogP contribution in [0.4, 0.5) is 5.69 Å². The van der Waals surface area contributed by atoms with Crippen molar-refractivity contribution >= 4 is 15.7 Å². The average Bonchev–Trinajstić information content (AvgIpc) is 2.76. The molecule has 3 rings (SSSR count). The first kappa shape index (κ1) is 13.9. The average molecular weight is 294 g/mol. The van der Waals surface area contributed by atoms with Crippen LogP contribution < -0.4 is 5.32 Å². The Bertz CT molecular complexity index is 576. The largest absolute Gasteiger partial charge is 0.385 e. The number of nitrogens with one attached hydrogen (secondary N) is 1. The smallest absolute Gasteiger partial charge is 0.243 e. The Morgan fingerprint density at radius 2 is 1.75 bits per heavy atom. The molecule has 5 heteroatoms. The van der Waals surface area contributed by atoms with E-state index in [-0.39, 0.29) is 0 Å². The lowest BCUT2D eigenvalue weighted by molar-refractivity contribution is 0.423. The highest BCUT2D eigenvalue weighted by Gasteiger charge is 2.26. The first-order valence-electron chi connectivity index (χ1n) is 7.55. The molecule has 1 fully saturated rings. The minimum absolute atomic E-state index is 0.438. The fourth-order valence-electron chi connectivity index (χ4n) is 3.03. The summed E-state index contributed by atoms with van der Waals surface area (Å²) in [4.78, 5) is 0.438. The molecule has 0 aliphatic carbocycles. The van der Waals surface area contributed by atoms with Crippen molar-refractivity contribution in [1.29, 1.82) is 0 Å². The molecule has 1 aromatic rings. The number of hydrogen-bond donors (Lipinski definition) is 1. The van der Waals surface area contributed by atoms with Gasteiger partial charge in [-0.2, -0.15) is 4.31 Å². The molecule has 0 radical (unpaired) electrons. The van der Waals surface area contributed by atoms with Gasteiger partial charge in [-0.1, -0.05) is 18.9 Å². The molecule has 2 heterocycles. The second-order valence-corrected chi connectivity index (χ2v) is 7.61. The van der Waals surface area contributed by atoms with E-state index >= 15 is 0 Å². The van der Waals surface area contributed by atoms with Crippen LogP contribution in [0.3, 0.4) is 0 Å². The van der Waals surface area contributed by atoms with Crippen molar-refractivity contribution in [2.75, 3.05) is 25.0 Å². The topological polar surface area (TPSA) is 49.4 Å². The number of aryl methyl sites for hydroxylation is 1. The van der Waals surface area contributed by atoms with Gasteiger partial charge in [0.2, 0.25) is 10.0 Å². The summed E-state index contributed by atoms with van der Waals surface area (Å²) in [6, 6.07) is 5.55. The fourth-order valence-corrected chi connectivity index (χ4v) is 4.58. The number of anilines is 1. The normalized spacial score (nSPS) is 20.8. The van der Waals surface area contributed by atoms with E-state index in [0.717, 1.165) is 50.8 Å². The lowest BCUT2D eigenvalue weighted by Crippen LogP contribution is -2.32. The summed E-state index contributed by atoms with van der Waals surface area (Å²) in [5.74, 6) is 0. The van der Waals surface area contributed by atoms with Crippen LogP contribution in [0.1, 0.15) is 37.7 Å². The van der Waals surface area contributed by atoms with E-state index in [4.69, 9.17) is 0 Å². The van der Waals surface area contributed by atoms with Gasteiger partial charge in [-0.25, -0.2) is 8.42 Å². The molecule has 4 nitrogen and oxygen atoms in total. The number of benzene rings is 1. The number of fused-ring (bicyclic) bond motifs is 1. The molecule has 20 heavy (non-hydrogen) atoms. The van der Waals surface area contributed by atoms with Crippen molar-refractivity contribution in [3.63, 3.8) is 0 Å². The highest BCUT2D eigenvalue weighted by atomic mass is 32.2. The van der Waals surface area contributed by atoms with Crippen LogP contribution in [-0.2, 0) is 16.4 Å². The molecular formula is C15H22N2O2S. The van der Waals surface area contributed by atoms with E-state index in [9.17, 15) is 8.42 Å². The molecule has 1 aromatic carbocycles. The highest BCUT2D eigenvalue weighted by molar-refractivity contribution is 7.89. The van der Waals surface area contributed by atoms with Crippen molar-refractivity contribution in [3.05, 3.63) is 23.8 Å². The minimum atomic E-state index is -3.33. The summed E-state index contributed by atoms with van der Waals surface area (Å²) in [7, 11) is -3.33. The fraction of sp³-hybridized carbons (Fsp3) is 0.600. The maximum Gasteiger partial charge on any atom is 0.243 e. The molecule has 0 unspecified atom stereocenters. The monoisotopic (exact) mass is 294 g/mol. The van der Waals surface area contributed by atoms with Crippen molar-refractivity contribution in [3.8, 4) is 0 Å². The van der Waals surface area contributed by atoms with Gasteiger partial charge >= 0.3 is 0 Å². The molecule has 0 aromatic heterocycles. The Balaban J connectivity index is 1.90.